The first kappa shape index (κ1) is 23.0. The van der Waals surface area contributed by atoms with Crippen molar-refractivity contribution in [1.82, 2.24) is 25.4 Å². The highest BCUT2D eigenvalue weighted by Gasteiger charge is 2.18. The van der Waals surface area contributed by atoms with E-state index in [0.29, 0.717) is 35.8 Å². The van der Waals surface area contributed by atoms with Crippen molar-refractivity contribution >= 4 is 45.5 Å². The lowest BCUT2D eigenvalue weighted by Crippen LogP contribution is -2.30. The van der Waals surface area contributed by atoms with Crippen LogP contribution in [-0.4, -0.2) is 39.7 Å². The van der Waals surface area contributed by atoms with Crippen molar-refractivity contribution in [3.8, 4) is 22.0 Å². The number of benzene rings is 1. The molecule has 178 valence electrons. The molecule has 0 spiro atoms. The number of carbonyl (C=O) groups excluding carboxylic acids is 2. The summed E-state index contributed by atoms with van der Waals surface area (Å²) in [6.45, 7) is 2.78. The topological polar surface area (TPSA) is 102 Å². The van der Waals surface area contributed by atoms with Crippen molar-refractivity contribution in [2.24, 2.45) is 7.05 Å². The normalized spacial score (nSPS) is 11.1. The zero-order valence-electron chi connectivity index (χ0n) is 19.2. The van der Waals surface area contributed by atoms with Gasteiger partial charge in [0, 0.05) is 42.2 Å². The highest BCUT2D eigenvalue weighted by atomic mass is 32.1. The molecule has 0 aliphatic heterocycles. The first-order chi connectivity index (χ1) is 17.0. The molecule has 35 heavy (non-hydrogen) atoms. The number of thiophene rings is 1. The van der Waals surface area contributed by atoms with Crippen LogP contribution in [0.25, 0.3) is 33.0 Å². The van der Waals surface area contributed by atoms with Crippen molar-refractivity contribution in [3.63, 3.8) is 0 Å². The van der Waals surface area contributed by atoms with Crippen molar-refractivity contribution in [2.75, 3.05) is 13.1 Å². The van der Waals surface area contributed by atoms with Crippen LogP contribution in [0.15, 0.2) is 57.6 Å². The monoisotopic (exact) mass is 505 g/mol. The summed E-state index contributed by atoms with van der Waals surface area (Å²) in [7, 11) is 1.80. The molecule has 5 rings (SSSR count). The molecule has 1 aromatic carbocycles. The number of thiazole rings is 1. The van der Waals surface area contributed by atoms with Crippen LogP contribution < -0.4 is 10.6 Å². The predicted octanol–water partition coefficient (Wildman–Crippen LogP) is 4.88. The third kappa shape index (κ3) is 4.89. The fourth-order valence-corrected chi connectivity index (χ4v) is 5.32. The minimum atomic E-state index is -0.218. The molecule has 4 heterocycles. The minimum absolute atomic E-state index is 0.151. The van der Waals surface area contributed by atoms with Gasteiger partial charge in [-0.25, -0.2) is 4.98 Å². The highest BCUT2D eigenvalue weighted by Crippen LogP contribution is 2.35. The summed E-state index contributed by atoms with van der Waals surface area (Å²) in [5, 5.41) is 15.6. The maximum atomic E-state index is 12.8. The third-order valence-electron chi connectivity index (χ3n) is 5.56. The Balaban J connectivity index is 1.17. The Kier molecular flexibility index (Phi) is 6.47. The van der Waals surface area contributed by atoms with E-state index in [-0.39, 0.29) is 11.8 Å². The van der Waals surface area contributed by atoms with Gasteiger partial charge in [0.15, 0.2) is 5.76 Å². The molecule has 0 fully saturated rings. The van der Waals surface area contributed by atoms with E-state index in [0.717, 1.165) is 32.9 Å². The number of rotatable bonds is 8. The van der Waals surface area contributed by atoms with Gasteiger partial charge in [-0.3, -0.25) is 14.3 Å². The van der Waals surface area contributed by atoms with Gasteiger partial charge in [0.25, 0.3) is 11.8 Å². The van der Waals surface area contributed by atoms with Crippen molar-refractivity contribution in [1.29, 1.82) is 0 Å². The number of aromatic nitrogens is 3. The Bertz CT molecular complexity index is 1460. The molecule has 0 radical (unpaired) electrons. The standard InChI is InChI=1S/C25H23N5O3S2/c1-15-12-18(29-30(15)2)23(31)26-9-5-10-27-24(32)22-17(8-11-34-22)25-28-19(14-35-25)21-13-16-6-3-4-7-20(16)33-21/h3-4,6-8,11-14H,5,9-10H2,1-2H3,(H,26,31)(H,27,32). The smallest absolute Gasteiger partial charge is 0.271 e. The summed E-state index contributed by atoms with van der Waals surface area (Å²) in [4.78, 5) is 30.3. The van der Waals surface area contributed by atoms with Gasteiger partial charge in [-0.05, 0) is 43.0 Å². The fraction of sp³-hybridized carbons (Fsp3) is 0.200. The van der Waals surface area contributed by atoms with Gasteiger partial charge < -0.3 is 15.1 Å². The second-order valence-corrected chi connectivity index (χ2v) is 9.78. The first-order valence-electron chi connectivity index (χ1n) is 11.1. The van der Waals surface area contributed by atoms with Gasteiger partial charge in [0.1, 0.15) is 26.9 Å². The number of hydrogen-bond acceptors (Lipinski definition) is 7. The lowest BCUT2D eigenvalue weighted by atomic mass is 10.2. The van der Waals surface area contributed by atoms with E-state index < -0.39 is 0 Å². The molecule has 0 atom stereocenters. The number of para-hydroxylation sites is 1. The Morgan fingerprint density at radius 1 is 1.06 bits per heavy atom. The molecule has 4 aromatic heterocycles. The van der Waals surface area contributed by atoms with Gasteiger partial charge in [-0.1, -0.05) is 18.2 Å². The van der Waals surface area contributed by atoms with Crippen LogP contribution >= 0.6 is 22.7 Å². The summed E-state index contributed by atoms with van der Waals surface area (Å²) < 4.78 is 7.59. The SMILES string of the molecule is Cc1cc(C(=O)NCCCNC(=O)c2sccc2-c2nc(-c3cc4ccccc4o3)cs2)nn1C. The largest absolute Gasteiger partial charge is 0.454 e. The number of carbonyl (C=O) groups is 2. The number of furan rings is 1. The molecule has 0 aliphatic carbocycles. The summed E-state index contributed by atoms with van der Waals surface area (Å²) in [6, 6.07) is 13.5. The van der Waals surface area contributed by atoms with E-state index in [1.807, 2.05) is 54.1 Å². The molecule has 10 heteroatoms. The van der Waals surface area contributed by atoms with E-state index in [2.05, 4.69) is 15.7 Å². The van der Waals surface area contributed by atoms with E-state index in [1.54, 1.807) is 17.8 Å². The summed E-state index contributed by atoms with van der Waals surface area (Å²) in [5.41, 5.74) is 3.68. The van der Waals surface area contributed by atoms with Crippen molar-refractivity contribution in [2.45, 2.75) is 13.3 Å². The molecule has 0 saturated heterocycles. The molecule has 0 bridgehead atoms. The Hall–Kier alpha value is -3.76. The predicted molar refractivity (Wildman–Crippen MR) is 138 cm³/mol. The number of amides is 2. The number of nitrogens with one attached hydrogen (secondary N) is 2. The van der Waals surface area contributed by atoms with Gasteiger partial charge in [0.05, 0.1) is 0 Å². The van der Waals surface area contributed by atoms with E-state index >= 15 is 0 Å². The summed E-state index contributed by atoms with van der Waals surface area (Å²) in [6.07, 6.45) is 0.609. The molecule has 2 amide bonds. The molecule has 0 unspecified atom stereocenters. The quantitative estimate of drug-likeness (QED) is 0.293. The zero-order valence-corrected chi connectivity index (χ0v) is 20.8. The maximum absolute atomic E-state index is 12.8. The number of nitrogens with zero attached hydrogens (tertiary/aromatic N) is 3. The molecule has 0 saturated carbocycles. The van der Waals surface area contributed by atoms with Gasteiger partial charge in [-0.15, -0.1) is 22.7 Å². The summed E-state index contributed by atoms with van der Waals surface area (Å²) >= 11 is 2.86. The average molecular weight is 506 g/mol. The van der Waals surface area contributed by atoms with Gasteiger partial charge in [-0.2, -0.15) is 5.10 Å². The van der Waals surface area contributed by atoms with Crippen LogP contribution in [0.5, 0.6) is 0 Å². The third-order valence-corrected chi connectivity index (χ3v) is 7.34. The lowest BCUT2D eigenvalue weighted by Gasteiger charge is -2.06. The maximum Gasteiger partial charge on any atom is 0.271 e. The molecular formula is C25H23N5O3S2. The molecule has 5 aromatic rings. The second kappa shape index (κ2) is 9.85. The Morgan fingerprint density at radius 2 is 1.86 bits per heavy atom. The van der Waals surface area contributed by atoms with Crippen LogP contribution in [0.3, 0.4) is 0 Å². The van der Waals surface area contributed by atoms with Crippen molar-refractivity contribution in [3.05, 3.63) is 69.5 Å². The number of hydrogen-bond donors (Lipinski definition) is 2. The average Bonchev–Trinajstić information content (AvgIpc) is 3.64. The fourth-order valence-electron chi connectivity index (χ4n) is 3.61. The first-order valence-corrected chi connectivity index (χ1v) is 12.8. The molecule has 8 nitrogen and oxygen atoms in total. The lowest BCUT2D eigenvalue weighted by molar-refractivity contribution is 0.0947. The Labute approximate surface area is 209 Å². The van der Waals surface area contributed by atoms with Gasteiger partial charge in [0.2, 0.25) is 0 Å². The van der Waals surface area contributed by atoms with Crippen LogP contribution in [0.1, 0.15) is 32.3 Å². The molecular weight excluding hydrogens is 482 g/mol. The number of fused-ring (bicyclic) bond motifs is 1. The second-order valence-electron chi connectivity index (χ2n) is 8.01. The zero-order chi connectivity index (χ0) is 24.4. The highest BCUT2D eigenvalue weighted by molar-refractivity contribution is 7.15. The van der Waals surface area contributed by atoms with E-state index in [1.165, 1.54) is 22.7 Å². The molecule has 2 N–H and O–H groups in total. The van der Waals surface area contributed by atoms with Crippen LogP contribution in [0, 0.1) is 6.92 Å². The van der Waals surface area contributed by atoms with E-state index in [9.17, 15) is 9.59 Å². The van der Waals surface area contributed by atoms with Crippen LogP contribution in [0.2, 0.25) is 0 Å². The van der Waals surface area contributed by atoms with Crippen LogP contribution in [0.4, 0.5) is 0 Å². The van der Waals surface area contributed by atoms with Crippen LogP contribution in [-0.2, 0) is 7.05 Å². The summed E-state index contributed by atoms with van der Waals surface area (Å²) in [5.74, 6) is 0.338. The Morgan fingerprint density at radius 3 is 2.63 bits per heavy atom. The van der Waals surface area contributed by atoms with Crippen molar-refractivity contribution < 1.29 is 14.0 Å². The molecule has 0 aliphatic rings. The minimum Gasteiger partial charge on any atom is -0.454 e. The van der Waals surface area contributed by atoms with Gasteiger partial charge >= 0.3 is 0 Å². The van der Waals surface area contributed by atoms with E-state index in [4.69, 9.17) is 9.40 Å². The number of aryl methyl sites for hydroxylation is 2.